The predicted octanol–water partition coefficient (Wildman–Crippen LogP) is 3.76. The minimum atomic E-state index is -0.276. The van der Waals surface area contributed by atoms with Gasteiger partial charge in [0.25, 0.3) is 0 Å². The number of benzene rings is 2. The molecule has 3 rings (SSSR count). The number of rotatable bonds is 6. The molecule has 5 heteroatoms. The molecule has 0 saturated heterocycles. The van der Waals surface area contributed by atoms with Gasteiger partial charge in [-0.3, -0.25) is 4.79 Å². The van der Waals surface area contributed by atoms with Crippen LogP contribution < -0.4 is 0 Å². The van der Waals surface area contributed by atoms with E-state index in [1.54, 1.807) is 12.1 Å². The summed E-state index contributed by atoms with van der Waals surface area (Å²) in [4.78, 5) is 19.6. The van der Waals surface area contributed by atoms with E-state index in [0.29, 0.717) is 25.9 Å². The number of nitrogens with zero attached hydrogens (tertiary/aromatic N) is 2. The third-order valence-electron chi connectivity index (χ3n) is 4.21. The number of hydrogen-bond donors (Lipinski definition) is 0. The summed E-state index contributed by atoms with van der Waals surface area (Å²) >= 11 is 0. The molecule has 130 valence electrons. The Morgan fingerprint density at radius 1 is 1.20 bits per heavy atom. The van der Waals surface area contributed by atoms with E-state index in [9.17, 15) is 9.18 Å². The maximum atomic E-state index is 13.0. The third-order valence-corrected chi connectivity index (χ3v) is 4.21. The molecule has 2 aromatic rings. The largest absolute Gasteiger partial charge is 0.390 e. The smallest absolute Gasteiger partial charge is 0.222 e. The minimum absolute atomic E-state index is 0.0858. The average Bonchev–Trinajstić information content (AvgIpc) is 3.10. The van der Waals surface area contributed by atoms with Crippen LogP contribution in [0.4, 0.5) is 4.39 Å². The molecule has 4 nitrogen and oxygen atoms in total. The lowest BCUT2D eigenvalue weighted by atomic mass is 10.0. The van der Waals surface area contributed by atoms with E-state index in [2.05, 4.69) is 5.16 Å². The molecule has 1 aliphatic heterocycles. The zero-order valence-corrected chi connectivity index (χ0v) is 14.2. The molecule has 0 saturated carbocycles. The molecule has 2 aromatic carbocycles. The summed E-state index contributed by atoms with van der Waals surface area (Å²) < 4.78 is 13.0. The summed E-state index contributed by atoms with van der Waals surface area (Å²) in [5, 5.41) is 4.12. The number of carbonyl (C=O) groups excluding carboxylic acids is 1. The van der Waals surface area contributed by atoms with Crippen LogP contribution in [0.25, 0.3) is 0 Å². The van der Waals surface area contributed by atoms with Crippen molar-refractivity contribution >= 4 is 11.6 Å². The molecule has 0 unspecified atom stereocenters. The highest BCUT2D eigenvalue weighted by Gasteiger charge is 2.26. The number of amides is 1. The number of halogens is 1. The van der Waals surface area contributed by atoms with Crippen molar-refractivity contribution < 1.29 is 14.0 Å². The van der Waals surface area contributed by atoms with Gasteiger partial charge in [-0.05, 0) is 23.3 Å². The van der Waals surface area contributed by atoms with Crippen LogP contribution in [-0.2, 0) is 16.2 Å². The van der Waals surface area contributed by atoms with E-state index in [1.807, 2.05) is 42.2 Å². The van der Waals surface area contributed by atoms with Crippen LogP contribution >= 0.6 is 0 Å². The molecule has 0 aromatic heterocycles. The highest BCUT2D eigenvalue weighted by Crippen LogP contribution is 2.19. The molecule has 0 bridgehead atoms. The Balaban J connectivity index is 1.63. The second-order valence-corrected chi connectivity index (χ2v) is 6.09. The molecule has 0 fully saturated rings. The van der Waals surface area contributed by atoms with Crippen molar-refractivity contribution in [2.75, 3.05) is 6.54 Å². The first-order chi connectivity index (χ1) is 12.2. The van der Waals surface area contributed by atoms with Crippen molar-refractivity contribution in [1.29, 1.82) is 0 Å². The summed E-state index contributed by atoms with van der Waals surface area (Å²) in [6.07, 6.45) is 0.873. The Bertz CT molecular complexity index is 744. The van der Waals surface area contributed by atoms with Crippen molar-refractivity contribution in [3.05, 3.63) is 71.5 Å². The summed E-state index contributed by atoms with van der Waals surface area (Å²) in [5.41, 5.74) is 2.72. The van der Waals surface area contributed by atoms with Crippen LogP contribution in [-0.4, -0.2) is 29.2 Å². The Morgan fingerprint density at radius 3 is 2.60 bits per heavy atom. The molecule has 25 heavy (non-hydrogen) atoms. The Hall–Kier alpha value is -2.69. The summed E-state index contributed by atoms with van der Waals surface area (Å²) in [6, 6.07) is 16.1. The Morgan fingerprint density at radius 2 is 1.92 bits per heavy atom. The molecule has 1 amide bonds. The highest BCUT2D eigenvalue weighted by atomic mass is 19.1. The van der Waals surface area contributed by atoms with Crippen LogP contribution in [0.3, 0.4) is 0 Å². The quantitative estimate of drug-likeness (QED) is 0.803. The van der Waals surface area contributed by atoms with E-state index < -0.39 is 0 Å². The normalized spacial score (nSPS) is 16.2. The van der Waals surface area contributed by atoms with Gasteiger partial charge in [0.05, 0.1) is 12.3 Å². The predicted molar refractivity (Wildman–Crippen MR) is 94.6 cm³/mol. The summed E-state index contributed by atoms with van der Waals surface area (Å²) in [6.45, 7) is 2.89. The van der Waals surface area contributed by atoms with Crippen LogP contribution in [0.1, 0.15) is 30.9 Å². The Labute approximate surface area is 146 Å². The topological polar surface area (TPSA) is 41.9 Å². The van der Waals surface area contributed by atoms with Crippen molar-refractivity contribution in [3.8, 4) is 0 Å². The van der Waals surface area contributed by atoms with E-state index in [1.165, 1.54) is 12.1 Å². The minimum Gasteiger partial charge on any atom is -0.390 e. The monoisotopic (exact) mass is 340 g/mol. The van der Waals surface area contributed by atoms with Crippen molar-refractivity contribution in [3.63, 3.8) is 0 Å². The molecule has 1 atom stereocenters. The number of hydrogen-bond acceptors (Lipinski definition) is 3. The summed E-state index contributed by atoms with van der Waals surface area (Å²) in [7, 11) is 0. The van der Waals surface area contributed by atoms with Gasteiger partial charge >= 0.3 is 0 Å². The van der Waals surface area contributed by atoms with Crippen molar-refractivity contribution in [1.82, 2.24) is 4.90 Å². The zero-order valence-electron chi connectivity index (χ0n) is 14.2. The van der Waals surface area contributed by atoms with E-state index >= 15 is 0 Å². The fourth-order valence-electron chi connectivity index (χ4n) is 2.87. The van der Waals surface area contributed by atoms with Gasteiger partial charge in [0.2, 0.25) is 5.91 Å². The lowest BCUT2D eigenvalue weighted by Crippen LogP contribution is -2.36. The molecule has 0 spiro atoms. The average molecular weight is 340 g/mol. The van der Waals surface area contributed by atoms with Crippen LogP contribution in [0.5, 0.6) is 0 Å². The third kappa shape index (κ3) is 4.44. The molecule has 0 radical (unpaired) electrons. The maximum absolute atomic E-state index is 13.0. The number of carbonyl (C=O) groups is 1. The second-order valence-electron chi connectivity index (χ2n) is 6.09. The fraction of sp³-hybridized carbons (Fsp3) is 0.300. The SMILES string of the molecule is CCC(=O)N(Cc1ccccc1)C[C@H]1CC(c2ccc(F)cc2)=NO1. The Kier molecular flexibility index (Phi) is 5.43. The molecule has 1 aliphatic rings. The van der Waals surface area contributed by atoms with Crippen molar-refractivity contribution in [2.45, 2.75) is 32.4 Å². The van der Waals surface area contributed by atoms with Crippen molar-refractivity contribution in [2.24, 2.45) is 5.16 Å². The molecular weight excluding hydrogens is 319 g/mol. The van der Waals surface area contributed by atoms with Crippen LogP contribution in [0.15, 0.2) is 59.8 Å². The van der Waals surface area contributed by atoms with E-state index in [4.69, 9.17) is 4.84 Å². The maximum Gasteiger partial charge on any atom is 0.222 e. The van der Waals surface area contributed by atoms with Gasteiger partial charge in [-0.2, -0.15) is 0 Å². The molecule has 0 N–H and O–H groups in total. The molecule has 1 heterocycles. The fourth-order valence-corrected chi connectivity index (χ4v) is 2.87. The van der Waals surface area contributed by atoms with Gasteiger partial charge in [0.1, 0.15) is 5.82 Å². The standard InChI is InChI=1S/C20H21FN2O2/c1-2-20(24)23(13-15-6-4-3-5-7-15)14-18-12-19(22-25-18)16-8-10-17(21)11-9-16/h3-11,18H,2,12-14H2,1H3/t18-/m1/s1. The van der Waals surface area contributed by atoms with Gasteiger partial charge in [0, 0.05) is 19.4 Å². The molecule has 0 aliphatic carbocycles. The molecular formula is C20H21FN2O2. The lowest BCUT2D eigenvalue weighted by molar-refractivity contribution is -0.133. The summed E-state index contributed by atoms with van der Waals surface area (Å²) in [5.74, 6) is -0.190. The number of oxime groups is 1. The van der Waals surface area contributed by atoms with Gasteiger partial charge in [-0.15, -0.1) is 0 Å². The van der Waals surface area contributed by atoms with Crippen LogP contribution in [0, 0.1) is 5.82 Å². The van der Waals surface area contributed by atoms with E-state index in [0.717, 1.165) is 16.8 Å². The van der Waals surface area contributed by atoms with Gasteiger partial charge in [-0.25, -0.2) is 4.39 Å². The zero-order chi connectivity index (χ0) is 17.6. The van der Waals surface area contributed by atoms with Gasteiger partial charge in [-0.1, -0.05) is 54.5 Å². The first-order valence-corrected chi connectivity index (χ1v) is 8.46. The first-order valence-electron chi connectivity index (χ1n) is 8.46. The highest BCUT2D eigenvalue weighted by molar-refractivity contribution is 6.01. The lowest BCUT2D eigenvalue weighted by Gasteiger charge is -2.24. The van der Waals surface area contributed by atoms with Gasteiger partial charge in [0.15, 0.2) is 6.10 Å². The van der Waals surface area contributed by atoms with E-state index in [-0.39, 0.29) is 17.8 Å². The second kappa shape index (κ2) is 7.92. The van der Waals surface area contributed by atoms with Gasteiger partial charge < -0.3 is 9.74 Å². The first kappa shape index (κ1) is 17.1. The van der Waals surface area contributed by atoms with Crippen LogP contribution in [0.2, 0.25) is 0 Å².